The van der Waals surface area contributed by atoms with Gasteiger partial charge < -0.3 is 19.4 Å². The quantitative estimate of drug-likeness (QED) is 0.280. The lowest BCUT2D eigenvalue weighted by atomic mass is 9.61. The summed E-state index contributed by atoms with van der Waals surface area (Å²) in [7, 11) is 1.13. The number of carbonyl (C=O) groups is 2. The highest BCUT2D eigenvalue weighted by molar-refractivity contribution is 6.47. The van der Waals surface area contributed by atoms with Gasteiger partial charge in [0.1, 0.15) is 12.6 Å². The summed E-state index contributed by atoms with van der Waals surface area (Å²) in [6, 6.07) is 15.9. The normalized spacial score (nSPS) is 25.0. The second-order valence-corrected chi connectivity index (χ2v) is 15.3. The first-order valence-corrected chi connectivity index (χ1v) is 16.9. The van der Waals surface area contributed by atoms with Crippen LogP contribution in [0.3, 0.4) is 0 Å². The third-order valence-corrected chi connectivity index (χ3v) is 10.9. The summed E-state index contributed by atoms with van der Waals surface area (Å²) in [6.45, 7) is 17.7. The van der Waals surface area contributed by atoms with E-state index >= 15 is 0 Å². The largest absolute Gasteiger partial charge is 0.481 e. The number of amides is 2. The lowest BCUT2D eigenvalue weighted by molar-refractivity contribution is -0.126. The van der Waals surface area contributed by atoms with Crippen LogP contribution < -0.4 is 5.32 Å². The molecule has 1 saturated heterocycles. The monoisotopic (exact) mass is 616 g/mol. The maximum absolute atomic E-state index is 14.1. The van der Waals surface area contributed by atoms with Crippen molar-refractivity contribution >= 4 is 19.1 Å². The number of nitrogens with zero attached hydrogens (tertiary/aromatic N) is 1. The van der Waals surface area contributed by atoms with Crippen LogP contribution in [0.1, 0.15) is 98.1 Å². The van der Waals surface area contributed by atoms with Crippen LogP contribution in [-0.2, 0) is 18.8 Å². The fraction of sp³-hybridized carbons (Fsp3) is 0.622. The molecule has 3 aliphatic rings. The molecule has 45 heavy (non-hydrogen) atoms. The smallest absolute Gasteiger partial charge is 0.448 e. The molecule has 244 valence electrons. The highest BCUT2D eigenvalue weighted by atomic mass is 16.7. The van der Waals surface area contributed by atoms with E-state index in [1.807, 2.05) is 24.3 Å². The van der Waals surface area contributed by atoms with E-state index in [0.29, 0.717) is 24.7 Å². The molecule has 1 heterocycles. The third kappa shape index (κ3) is 6.69. The van der Waals surface area contributed by atoms with E-state index in [9.17, 15) is 9.59 Å². The average Bonchev–Trinajstić information content (AvgIpc) is 3.51. The average molecular weight is 617 g/mol. The van der Waals surface area contributed by atoms with Crippen molar-refractivity contribution in [1.29, 1.82) is 0 Å². The van der Waals surface area contributed by atoms with Gasteiger partial charge in [0, 0.05) is 13.0 Å². The molecule has 1 aliphatic heterocycles. The lowest BCUT2D eigenvalue weighted by Gasteiger charge is -2.49. The molecule has 0 radical (unpaired) electrons. The van der Waals surface area contributed by atoms with E-state index in [4.69, 9.17) is 14.0 Å². The zero-order valence-electron chi connectivity index (χ0n) is 28.8. The number of hydrogen-bond donors (Lipinski definition) is 1. The summed E-state index contributed by atoms with van der Waals surface area (Å²) in [5.41, 5.74) is 4.41. The van der Waals surface area contributed by atoms with Crippen molar-refractivity contribution in [3.8, 4) is 11.1 Å². The van der Waals surface area contributed by atoms with Gasteiger partial charge in [-0.2, -0.15) is 0 Å². The van der Waals surface area contributed by atoms with Gasteiger partial charge in [-0.3, -0.25) is 9.69 Å². The van der Waals surface area contributed by atoms with Crippen molar-refractivity contribution < 1.29 is 23.6 Å². The van der Waals surface area contributed by atoms with Crippen LogP contribution in [0, 0.1) is 23.2 Å². The molecule has 0 spiro atoms. The van der Waals surface area contributed by atoms with E-state index in [1.165, 1.54) is 16.0 Å². The standard InChI is InChI=1S/C37H53BN2O5/c1-23(2)20-31(40(9)35(42)43-22-30-28-16-12-10-14-26(28)27-15-11-13-17-29(27)30)34(41)39-33(21-24(3)4)38-44-32-18-19-36(6,7)25(5)37(32,8)45-38/h10-17,23-25,30-33H,18-22H2,1-9H3,(H,39,41)/t25-,31-,32+,33-,37-/m0/s1. The van der Waals surface area contributed by atoms with Crippen LogP contribution in [0.15, 0.2) is 48.5 Å². The summed E-state index contributed by atoms with van der Waals surface area (Å²) < 4.78 is 19.3. The summed E-state index contributed by atoms with van der Waals surface area (Å²) >= 11 is 0. The zero-order chi connectivity index (χ0) is 32.7. The maximum atomic E-state index is 14.1. The molecule has 1 N–H and O–H groups in total. The van der Waals surface area contributed by atoms with Gasteiger partial charge in [-0.15, -0.1) is 0 Å². The highest BCUT2D eigenvalue weighted by Crippen LogP contribution is 2.52. The van der Waals surface area contributed by atoms with Gasteiger partial charge in [-0.1, -0.05) is 97.0 Å². The first-order chi connectivity index (χ1) is 21.2. The molecular formula is C37H53BN2O5. The van der Waals surface area contributed by atoms with Crippen LogP contribution >= 0.6 is 0 Å². The van der Waals surface area contributed by atoms with Gasteiger partial charge >= 0.3 is 13.2 Å². The van der Waals surface area contributed by atoms with Crippen molar-refractivity contribution in [2.75, 3.05) is 13.7 Å². The Labute approximate surface area is 270 Å². The first kappa shape index (κ1) is 33.5. The topological polar surface area (TPSA) is 77.1 Å². The Morgan fingerprint density at radius 2 is 1.56 bits per heavy atom. The fourth-order valence-corrected chi connectivity index (χ4v) is 7.79. The summed E-state index contributed by atoms with van der Waals surface area (Å²) in [5, 5.41) is 3.28. The minimum atomic E-state index is -0.688. The fourth-order valence-electron chi connectivity index (χ4n) is 7.79. The Kier molecular flexibility index (Phi) is 9.77. The molecule has 8 heteroatoms. The van der Waals surface area contributed by atoms with Crippen molar-refractivity contribution in [1.82, 2.24) is 10.2 Å². The summed E-state index contributed by atoms with van der Waals surface area (Å²) in [4.78, 5) is 29.1. The Morgan fingerprint density at radius 1 is 0.978 bits per heavy atom. The number of nitrogens with one attached hydrogen (secondary N) is 1. The van der Waals surface area contributed by atoms with E-state index in [2.05, 4.69) is 85.0 Å². The molecule has 2 aliphatic carbocycles. The molecule has 7 nitrogen and oxygen atoms in total. The van der Waals surface area contributed by atoms with Gasteiger partial charge in [0.2, 0.25) is 5.91 Å². The predicted octanol–water partition coefficient (Wildman–Crippen LogP) is 7.47. The van der Waals surface area contributed by atoms with Gasteiger partial charge in [0.05, 0.1) is 17.6 Å². The van der Waals surface area contributed by atoms with Crippen LogP contribution in [0.5, 0.6) is 0 Å². The lowest BCUT2D eigenvalue weighted by Crippen LogP contribution is -2.56. The van der Waals surface area contributed by atoms with E-state index in [1.54, 1.807) is 7.05 Å². The SMILES string of the molecule is CC(C)C[C@H](NC(=O)[C@H](CC(C)C)N(C)C(=O)OCC1c2ccccc2-c2ccccc21)B1O[C@@H]2CCC(C)(C)[C@H](C)[C@]2(C)O1. The van der Waals surface area contributed by atoms with Crippen LogP contribution in [-0.4, -0.2) is 61.4 Å². The molecule has 2 fully saturated rings. The Bertz CT molecular complexity index is 1330. The predicted molar refractivity (Wildman–Crippen MR) is 180 cm³/mol. The molecule has 0 unspecified atom stereocenters. The molecule has 2 aromatic carbocycles. The van der Waals surface area contributed by atoms with E-state index < -0.39 is 24.9 Å². The van der Waals surface area contributed by atoms with Crippen molar-refractivity contribution in [3.05, 3.63) is 59.7 Å². The zero-order valence-corrected chi connectivity index (χ0v) is 28.8. The molecule has 2 amide bonds. The molecule has 2 aromatic rings. The molecule has 0 aromatic heterocycles. The van der Waals surface area contributed by atoms with Crippen molar-refractivity contribution in [3.63, 3.8) is 0 Å². The Hall–Kier alpha value is -2.84. The second kappa shape index (κ2) is 13.1. The first-order valence-electron chi connectivity index (χ1n) is 16.9. The molecule has 5 atom stereocenters. The molecule has 1 saturated carbocycles. The van der Waals surface area contributed by atoms with Gasteiger partial charge in [0.15, 0.2) is 0 Å². The van der Waals surface area contributed by atoms with Crippen molar-refractivity contribution in [2.45, 2.75) is 111 Å². The number of ether oxygens (including phenoxy) is 1. The summed E-state index contributed by atoms with van der Waals surface area (Å²) in [5.74, 6) is 0.230. The molecule has 5 rings (SSSR count). The number of likely N-dealkylation sites (N-methyl/N-ethyl adjacent to an activating group) is 1. The Balaban J connectivity index is 1.29. The van der Waals surface area contributed by atoms with Crippen LogP contribution in [0.2, 0.25) is 0 Å². The van der Waals surface area contributed by atoms with Crippen LogP contribution in [0.4, 0.5) is 4.79 Å². The molecular weight excluding hydrogens is 563 g/mol. The van der Waals surface area contributed by atoms with Gasteiger partial charge in [-0.05, 0) is 78.0 Å². The van der Waals surface area contributed by atoms with Crippen LogP contribution in [0.25, 0.3) is 11.1 Å². The highest BCUT2D eigenvalue weighted by Gasteiger charge is 2.59. The number of benzene rings is 2. The maximum Gasteiger partial charge on any atom is 0.481 e. The number of rotatable bonds is 10. The second-order valence-electron chi connectivity index (χ2n) is 15.3. The Morgan fingerprint density at radius 3 is 2.13 bits per heavy atom. The third-order valence-electron chi connectivity index (χ3n) is 10.9. The number of fused-ring (bicyclic) bond motifs is 4. The summed E-state index contributed by atoms with van der Waals surface area (Å²) in [6.07, 6.45) is 2.73. The number of carbonyl (C=O) groups excluding carboxylic acids is 2. The van der Waals surface area contributed by atoms with E-state index in [0.717, 1.165) is 24.0 Å². The van der Waals surface area contributed by atoms with Gasteiger partial charge in [-0.25, -0.2) is 4.79 Å². The van der Waals surface area contributed by atoms with Crippen molar-refractivity contribution in [2.24, 2.45) is 23.2 Å². The van der Waals surface area contributed by atoms with Gasteiger partial charge in [0.25, 0.3) is 0 Å². The number of hydrogen-bond acceptors (Lipinski definition) is 5. The molecule has 0 bridgehead atoms. The minimum Gasteiger partial charge on any atom is -0.448 e. The minimum absolute atomic E-state index is 0.00736. The van der Waals surface area contributed by atoms with E-state index in [-0.39, 0.29) is 41.8 Å².